The highest BCUT2D eigenvalue weighted by atomic mass is 32.1. The van der Waals surface area contributed by atoms with Gasteiger partial charge in [-0.05, 0) is 24.6 Å². The normalized spacial score (nSPS) is 27.4. The Morgan fingerprint density at radius 1 is 1.23 bits per heavy atom. The van der Waals surface area contributed by atoms with Gasteiger partial charge in [-0.25, -0.2) is 9.59 Å². The molecule has 3 aliphatic rings. The molecule has 3 aliphatic heterocycles. The molecule has 2 N–H and O–H groups in total. The maximum Gasteiger partial charge on any atom is 0.345 e. The number of carboxylic acids is 1. The van der Waals surface area contributed by atoms with Crippen molar-refractivity contribution in [1.82, 2.24) is 5.32 Å². The number of quaternary nitrogens is 1. The smallest absolute Gasteiger partial charge is 0.345 e. The van der Waals surface area contributed by atoms with Crippen LogP contribution in [0.3, 0.4) is 0 Å². The molecule has 3 saturated heterocycles. The Kier molecular flexibility index (Phi) is 5.67. The standard InChI is InChI=1S/C22H26N2O5S/c1-22(16-5-3-2-4-6-16,23-13-17-7-8-19(30-17)20(25)26)21(27)29-18-14-24(28)11-9-15(18)10-12-24/h2-8,15,18,23H,9-14H2,1H3,(H,25,26)/t15?,18-,22?,24?/m0/s1. The third-order valence-electron chi connectivity index (χ3n) is 6.36. The number of esters is 1. The number of ether oxygens (including phenoxy) is 1. The highest BCUT2D eigenvalue weighted by Gasteiger charge is 2.46. The Labute approximate surface area is 179 Å². The fourth-order valence-corrected chi connectivity index (χ4v) is 5.18. The summed E-state index contributed by atoms with van der Waals surface area (Å²) >= 11 is 1.18. The lowest BCUT2D eigenvalue weighted by atomic mass is 9.84. The zero-order valence-electron chi connectivity index (χ0n) is 16.9. The van der Waals surface area contributed by atoms with E-state index in [0.29, 0.717) is 26.2 Å². The fourth-order valence-electron chi connectivity index (χ4n) is 4.39. The van der Waals surface area contributed by atoms with Gasteiger partial charge < -0.3 is 19.7 Å². The molecule has 4 heterocycles. The first-order chi connectivity index (χ1) is 14.3. The van der Waals surface area contributed by atoms with E-state index < -0.39 is 17.5 Å². The molecule has 2 bridgehead atoms. The number of carbonyl (C=O) groups excluding carboxylic acids is 1. The van der Waals surface area contributed by atoms with Crippen LogP contribution in [0.4, 0.5) is 0 Å². The summed E-state index contributed by atoms with van der Waals surface area (Å²) < 4.78 is 5.67. The Morgan fingerprint density at radius 3 is 2.53 bits per heavy atom. The minimum atomic E-state index is -1.12. The SMILES string of the molecule is CC(NCc1ccc(C(=O)O)s1)(C(=O)O[C@H]1C[N+]2([O-])CCC1CC2)c1ccccc1. The summed E-state index contributed by atoms with van der Waals surface area (Å²) in [7, 11) is 0. The molecule has 0 radical (unpaired) electrons. The van der Waals surface area contributed by atoms with Crippen LogP contribution in [0.2, 0.25) is 0 Å². The number of thiophene rings is 1. The van der Waals surface area contributed by atoms with Crippen molar-refractivity contribution in [3.05, 3.63) is 63.0 Å². The number of nitrogens with one attached hydrogen (secondary N) is 1. The monoisotopic (exact) mass is 430 g/mol. The fraction of sp³-hybridized carbons (Fsp3) is 0.455. The molecule has 2 atom stereocenters. The summed E-state index contributed by atoms with van der Waals surface area (Å²) in [5.41, 5.74) is -0.355. The van der Waals surface area contributed by atoms with Crippen molar-refractivity contribution in [2.75, 3.05) is 19.6 Å². The summed E-state index contributed by atoms with van der Waals surface area (Å²) in [5.74, 6) is -1.12. The molecule has 2 aromatic rings. The molecule has 5 rings (SSSR count). The van der Waals surface area contributed by atoms with Crippen LogP contribution in [-0.2, 0) is 21.6 Å². The molecule has 8 heteroatoms. The van der Waals surface area contributed by atoms with Crippen molar-refractivity contribution in [1.29, 1.82) is 0 Å². The number of carboxylic acid groups (broad SMARTS) is 1. The van der Waals surface area contributed by atoms with Gasteiger partial charge in [-0.1, -0.05) is 30.3 Å². The summed E-state index contributed by atoms with van der Waals surface area (Å²) in [5, 5.41) is 25.1. The van der Waals surface area contributed by atoms with Gasteiger partial charge in [0, 0.05) is 30.2 Å². The van der Waals surface area contributed by atoms with Gasteiger partial charge in [-0.2, -0.15) is 0 Å². The highest BCUT2D eigenvalue weighted by molar-refractivity contribution is 7.13. The van der Waals surface area contributed by atoms with Crippen LogP contribution in [0.25, 0.3) is 0 Å². The number of hydrogen-bond acceptors (Lipinski definition) is 6. The Balaban J connectivity index is 1.53. The van der Waals surface area contributed by atoms with Crippen molar-refractivity contribution < 1.29 is 24.1 Å². The number of piperidine rings is 3. The minimum absolute atomic E-state index is 0.248. The van der Waals surface area contributed by atoms with E-state index in [1.165, 1.54) is 11.3 Å². The number of aromatic carboxylic acids is 1. The molecule has 1 aromatic heterocycles. The molecule has 1 aromatic carbocycles. The maximum atomic E-state index is 13.4. The van der Waals surface area contributed by atoms with E-state index >= 15 is 0 Å². The topological polar surface area (TPSA) is 98.7 Å². The average Bonchev–Trinajstić information content (AvgIpc) is 3.22. The Morgan fingerprint density at radius 2 is 1.93 bits per heavy atom. The maximum absolute atomic E-state index is 13.4. The molecule has 7 nitrogen and oxygen atoms in total. The molecular weight excluding hydrogens is 404 g/mol. The molecule has 3 fully saturated rings. The number of rotatable bonds is 7. The zero-order chi connectivity index (χ0) is 21.4. The number of carbonyl (C=O) groups is 2. The molecule has 0 spiro atoms. The average molecular weight is 431 g/mol. The third kappa shape index (κ3) is 4.13. The lowest BCUT2D eigenvalue weighted by Gasteiger charge is -2.55. The second-order valence-electron chi connectivity index (χ2n) is 8.38. The van der Waals surface area contributed by atoms with Gasteiger partial charge >= 0.3 is 11.9 Å². The Hall–Kier alpha value is -2.26. The van der Waals surface area contributed by atoms with E-state index in [9.17, 15) is 14.8 Å². The van der Waals surface area contributed by atoms with Crippen LogP contribution in [0.5, 0.6) is 0 Å². The van der Waals surface area contributed by atoms with Crippen LogP contribution in [0, 0.1) is 11.1 Å². The number of hydroxylamine groups is 3. The highest BCUT2D eigenvalue weighted by Crippen LogP contribution is 2.36. The number of benzene rings is 1. The lowest BCUT2D eigenvalue weighted by molar-refractivity contribution is -0.900. The van der Waals surface area contributed by atoms with Crippen molar-refractivity contribution in [3.8, 4) is 0 Å². The second kappa shape index (κ2) is 8.11. The van der Waals surface area contributed by atoms with Crippen LogP contribution < -0.4 is 5.32 Å². The largest absolute Gasteiger partial charge is 0.633 e. The number of fused-ring (bicyclic) bond motifs is 3. The van der Waals surface area contributed by atoms with Gasteiger partial charge in [0.15, 0.2) is 6.10 Å². The van der Waals surface area contributed by atoms with Crippen molar-refractivity contribution in [2.24, 2.45) is 5.92 Å². The van der Waals surface area contributed by atoms with Crippen LogP contribution >= 0.6 is 11.3 Å². The van der Waals surface area contributed by atoms with Crippen LogP contribution in [0.15, 0.2) is 42.5 Å². The Bertz CT molecular complexity index is 923. The van der Waals surface area contributed by atoms with E-state index in [0.717, 1.165) is 23.3 Å². The predicted molar refractivity (Wildman–Crippen MR) is 113 cm³/mol. The van der Waals surface area contributed by atoms with Crippen molar-refractivity contribution in [3.63, 3.8) is 0 Å². The van der Waals surface area contributed by atoms with E-state index in [1.54, 1.807) is 19.1 Å². The predicted octanol–water partition coefficient (Wildman–Crippen LogP) is 3.10. The van der Waals surface area contributed by atoms with Gasteiger partial charge in [-0.15, -0.1) is 11.3 Å². The quantitative estimate of drug-likeness (QED) is 0.398. The molecule has 30 heavy (non-hydrogen) atoms. The van der Waals surface area contributed by atoms with E-state index in [4.69, 9.17) is 9.84 Å². The first-order valence-corrected chi connectivity index (χ1v) is 11.0. The number of nitrogens with zero attached hydrogens (tertiary/aromatic N) is 1. The molecule has 0 aliphatic carbocycles. The molecule has 0 amide bonds. The van der Waals surface area contributed by atoms with E-state index in [-0.39, 0.29) is 21.5 Å². The van der Waals surface area contributed by atoms with Crippen molar-refractivity contribution in [2.45, 2.75) is 38.0 Å². The number of hydrogen-bond donors (Lipinski definition) is 2. The second-order valence-corrected chi connectivity index (χ2v) is 9.55. The minimum Gasteiger partial charge on any atom is -0.633 e. The molecule has 160 valence electrons. The summed E-state index contributed by atoms with van der Waals surface area (Å²) in [4.78, 5) is 25.6. The van der Waals surface area contributed by atoms with Gasteiger partial charge in [0.25, 0.3) is 0 Å². The zero-order valence-corrected chi connectivity index (χ0v) is 17.7. The first kappa shape index (κ1) is 21.0. The molecular formula is C22H26N2O5S. The van der Waals surface area contributed by atoms with Crippen LogP contribution in [0.1, 0.15) is 39.9 Å². The summed E-state index contributed by atoms with van der Waals surface area (Å²) in [6.07, 6.45) is 1.23. The summed E-state index contributed by atoms with van der Waals surface area (Å²) in [6.45, 7) is 3.65. The molecule has 1 unspecified atom stereocenters. The first-order valence-electron chi connectivity index (χ1n) is 10.2. The summed E-state index contributed by atoms with van der Waals surface area (Å²) in [6, 6.07) is 12.6. The van der Waals surface area contributed by atoms with Gasteiger partial charge in [0.05, 0.1) is 13.1 Å². The van der Waals surface area contributed by atoms with Crippen molar-refractivity contribution >= 4 is 23.3 Å². The van der Waals surface area contributed by atoms with Crippen LogP contribution in [-0.4, -0.2) is 47.4 Å². The van der Waals surface area contributed by atoms with E-state index in [2.05, 4.69) is 5.32 Å². The van der Waals surface area contributed by atoms with Gasteiger partial charge in [0.1, 0.15) is 17.0 Å². The van der Waals surface area contributed by atoms with E-state index in [1.807, 2.05) is 30.3 Å². The van der Waals surface area contributed by atoms with Gasteiger partial charge in [-0.3, -0.25) is 5.32 Å². The third-order valence-corrected chi connectivity index (χ3v) is 7.43. The molecule has 0 saturated carbocycles. The lowest BCUT2D eigenvalue weighted by Crippen LogP contribution is -2.62. The van der Waals surface area contributed by atoms with Gasteiger partial charge in [0.2, 0.25) is 0 Å².